The van der Waals surface area contributed by atoms with Crippen LogP contribution in [0.2, 0.25) is 5.02 Å². The number of hydrogen-bond acceptors (Lipinski definition) is 4. The third-order valence-electron chi connectivity index (χ3n) is 6.69. The molecular formula is C31H31ClFNO4. The number of hydrogen-bond donors (Lipinski definition) is 1. The van der Waals surface area contributed by atoms with Crippen molar-refractivity contribution in [2.75, 3.05) is 13.2 Å². The van der Waals surface area contributed by atoms with Crippen LogP contribution in [0.25, 0.3) is 5.76 Å². The normalized spacial score (nSPS) is 17.2. The Morgan fingerprint density at radius 3 is 2.29 bits per heavy atom. The molecule has 7 heteroatoms. The Balaban J connectivity index is 1.81. The van der Waals surface area contributed by atoms with E-state index >= 15 is 0 Å². The van der Waals surface area contributed by atoms with Gasteiger partial charge in [0.1, 0.15) is 17.3 Å². The predicted octanol–water partition coefficient (Wildman–Crippen LogP) is 6.84. The van der Waals surface area contributed by atoms with E-state index in [-0.39, 0.29) is 39.7 Å². The van der Waals surface area contributed by atoms with Gasteiger partial charge in [-0.15, -0.1) is 0 Å². The Morgan fingerprint density at radius 1 is 1.03 bits per heavy atom. The largest absolute Gasteiger partial charge is 0.507 e. The van der Waals surface area contributed by atoms with E-state index in [0.29, 0.717) is 24.3 Å². The molecule has 1 atom stereocenters. The Bertz CT molecular complexity index is 1370. The molecule has 0 aromatic heterocycles. The van der Waals surface area contributed by atoms with E-state index in [4.69, 9.17) is 16.3 Å². The van der Waals surface area contributed by atoms with Crippen molar-refractivity contribution < 1.29 is 23.8 Å². The minimum Gasteiger partial charge on any atom is -0.507 e. The Kier molecular flexibility index (Phi) is 7.93. The molecule has 1 N–H and O–H groups in total. The molecule has 1 aliphatic heterocycles. The number of ether oxygens (including phenoxy) is 1. The number of aliphatic hydroxyl groups is 1. The molecule has 1 heterocycles. The van der Waals surface area contributed by atoms with Crippen molar-refractivity contribution in [2.45, 2.75) is 45.6 Å². The first-order valence-electron chi connectivity index (χ1n) is 12.6. The number of ketones is 1. The fraction of sp³-hybridized carbons (Fsp3) is 0.290. The lowest BCUT2D eigenvalue weighted by Crippen LogP contribution is -2.31. The molecule has 0 spiro atoms. The van der Waals surface area contributed by atoms with Gasteiger partial charge in [-0.25, -0.2) is 4.39 Å². The summed E-state index contributed by atoms with van der Waals surface area (Å²) < 4.78 is 18.9. The summed E-state index contributed by atoms with van der Waals surface area (Å²) in [6.07, 6.45) is 0.407. The van der Waals surface area contributed by atoms with Gasteiger partial charge < -0.3 is 14.7 Å². The first-order chi connectivity index (χ1) is 18.0. The summed E-state index contributed by atoms with van der Waals surface area (Å²) in [6, 6.07) is 17.7. The van der Waals surface area contributed by atoms with Crippen molar-refractivity contribution in [3.8, 4) is 5.75 Å². The number of carbonyl (C=O) groups excluding carboxylic acids is 2. The van der Waals surface area contributed by atoms with Crippen molar-refractivity contribution in [1.29, 1.82) is 0 Å². The molecule has 3 aromatic carbocycles. The molecule has 1 amide bonds. The van der Waals surface area contributed by atoms with Crippen molar-refractivity contribution in [1.82, 2.24) is 4.90 Å². The molecule has 1 unspecified atom stereocenters. The quantitative estimate of drug-likeness (QED) is 0.204. The third-order valence-corrected chi connectivity index (χ3v) is 7.02. The van der Waals surface area contributed by atoms with Gasteiger partial charge in [0.2, 0.25) is 0 Å². The number of halogens is 2. The van der Waals surface area contributed by atoms with Gasteiger partial charge in [-0.3, -0.25) is 9.59 Å². The van der Waals surface area contributed by atoms with Crippen LogP contribution in [0.15, 0.2) is 72.3 Å². The smallest absolute Gasteiger partial charge is 0.295 e. The highest BCUT2D eigenvalue weighted by Crippen LogP contribution is 2.41. The van der Waals surface area contributed by atoms with E-state index in [9.17, 15) is 19.1 Å². The topological polar surface area (TPSA) is 66.8 Å². The average molecular weight is 536 g/mol. The summed E-state index contributed by atoms with van der Waals surface area (Å²) in [7, 11) is 0. The van der Waals surface area contributed by atoms with E-state index < -0.39 is 17.7 Å². The fourth-order valence-electron chi connectivity index (χ4n) is 4.61. The number of carbonyl (C=O) groups is 2. The molecule has 1 fully saturated rings. The van der Waals surface area contributed by atoms with Crippen LogP contribution in [0.3, 0.4) is 0 Å². The van der Waals surface area contributed by atoms with Gasteiger partial charge in [-0.1, -0.05) is 68.8 Å². The third kappa shape index (κ3) is 5.60. The molecule has 5 nitrogen and oxygen atoms in total. The van der Waals surface area contributed by atoms with E-state index in [1.165, 1.54) is 17.0 Å². The minimum atomic E-state index is -0.823. The zero-order valence-corrected chi connectivity index (χ0v) is 22.7. The van der Waals surface area contributed by atoms with Gasteiger partial charge in [0.15, 0.2) is 0 Å². The molecule has 0 aliphatic carbocycles. The number of amides is 1. The molecule has 198 valence electrons. The van der Waals surface area contributed by atoms with Gasteiger partial charge in [-0.2, -0.15) is 0 Å². The summed E-state index contributed by atoms with van der Waals surface area (Å²) in [5.74, 6) is -1.72. The summed E-state index contributed by atoms with van der Waals surface area (Å²) in [6.45, 7) is 8.75. The molecule has 0 radical (unpaired) electrons. The maximum Gasteiger partial charge on any atom is 0.295 e. The van der Waals surface area contributed by atoms with Crippen molar-refractivity contribution in [2.24, 2.45) is 0 Å². The summed E-state index contributed by atoms with van der Waals surface area (Å²) in [4.78, 5) is 28.2. The number of likely N-dealkylation sites (tertiary alicyclic amines) is 1. The molecule has 1 saturated heterocycles. The highest BCUT2D eigenvalue weighted by atomic mass is 35.5. The van der Waals surface area contributed by atoms with Crippen LogP contribution < -0.4 is 4.74 Å². The number of aliphatic hydroxyl groups excluding tert-OH is 1. The summed E-state index contributed by atoms with van der Waals surface area (Å²) in [5.41, 5.74) is 2.70. The van der Waals surface area contributed by atoms with E-state index in [1.54, 1.807) is 30.3 Å². The second-order valence-corrected chi connectivity index (χ2v) is 10.7. The van der Waals surface area contributed by atoms with Crippen molar-refractivity contribution >= 4 is 29.1 Å². The van der Waals surface area contributed by atoms with E-state index in [2.05, 4.69) is 20.8 Å². The number of rotatable bonds is 7. The SMILES string of the molecule is CCOc1ccc(Cl)c(/C(O)=C2\C(=O)C(=O)N(CCc3ccc(F)cc3)C2c2ccc(C(C)(C)C)cc2)c1. The number of Topliss-reactive ketones (excluding diaryl/α,β-unsaturated/α-hetero) is 1. The zero-order valence-electron chi connectivity index (χ0n) is 21.9. The molecule has 1 aliphatic rings. The van der Waals surface area contributed by atoms with Gasteiger partial charge in [0.25, 0.3) is 11.7 Å². The second-order valence-electron chi connectivity index (χ2n) is 10.3. The molecular weight excluding hydrogens is 505 g/mol. The van der Waals surface area contributed by atoms with Crippen molar-refractivity contribution in [3.63, 3.8) is 0 Å². The molecule has 4 rings (SSSR count). The van der Waals surface area contributed by atoms with E-state index in [1.807, 2.05) is 31.2 Å². The minimum absolute atomic E-state index is 0.0341. The molecule has 0 bridgehead atoms. The van der Waals surface area contributed by atoms with Crippen LogP contribution in [0, 0.1) is 5.82 Å². The first-order valence-corrected chi connectivity index (χ1v) is 12.9. The van der Waals surface area contributed by atoms with Gasteiger partial charge in [0.05, 0.1) is 23.2 Å². The van der Waals surface area contributed by atoms with Crippen LogP contribution >= 0.6 is 11.6 Å². The molecule has 3 aromatic rings. The van der Waals surface area contributed by atoms with Gasteiger partial charge >= 0.3 is 0 Å². The van der Waals surface area contributed by atoms with Crippen LogP contribution in [0.5, 0.6) is 5.75 Å². The first kappa shape index (κ1) is 27.4. The highest BCUT2D eigenvalue weighted by Gasteiger charge is 2.46. The van der Waals surface area contributed by atoms with Crippen LogP contribution in [-0.2, 0) is 21.4 Å². The van der Waals surface area contributed by atoms with Crippen molar-refractivity contribution in [3.05, 3.63) is 105 Å². The van der Waals surface area contributed by atoms with Crippen LogP contribution in [0.4, 0.5) is 4.39 Å². The average Bonchev–Trinajstić information content (AvgIpc) is 3.13. The zero-order chi connectivity index (χ0) is 27.6. The summed E-state index contributed by atoms with van der Waals surface area (Å²) in [5, 5.41) is 11.7. The highest BCUT2D eigenvalue weighted by molar-refractivity contribution is 6.47. The standard InChI is InChI=1S/C31H31ClFNO4/c1-5-38-23-14-15-25(32)24(18-23)28(35)26-27(20-8-10-21(11-9-20)31(2,3)4)34(30(37)29(26)36)17-16-19-6-12-22(33)13-7-19/h6-15,18,27,35H,5,16-17H2,1-4H3/b28-26+. The van der Waals surface area contributed by atoms with Gasteiger partial charge in [0, 0.05) is 12.1 Å². The molecule has 38 heavy (non-hydrogen) atoms. The lowest BCUT2D eigenvalue weighted by Gasteiger charge is -2.26. The Hall–Kier alpha value is -3.64. The fourth-order valence-corrected chi connectivity index (χ4v) is 4.82. The van der Waals surface area contributed by atoms with Gasteiger partial charge in [-0.05, 0) is 65.8 Å². The number of nitrogens with zero attached hydrogens (tertiary/aromatic N) is 1. The maximum absolute atomic E-state index is 13.4. The van der Waals surface area contributed by atoms with E-state index in [0.717, 1.165) is 11.1 Å². The summed E-state index contributed by atoms with van der Waals surface area (Å²) >= 11 is 6.42. The Labute approximate surface area is 227 Å². The lowest BCUT2D eigenvalue weighted by molar-refractivity contribution is -0.139. The Morgan fingerprint density at radius 2 is 1.68 bits per heavy atom. The maximum atomic E-state index is 13.4. The lowest BCUT2D eigenvalue weighted by atomic mass is 9.85. The van der Waals surface area contributed by atoms with Crippen LogP contribution in [-0.4, -0.2) is 34.8 Å². The number of benzene rings is 3. The predicted molar refractivity (Wildman–Crippen MR) is 147 cm³/mol. The second kappa shape index (κ2) is 11.0. The molecule has 0 saturated carbocycles. The van der Waals surface area contributed by atoms with Crippen LogP contribution in [0.1, 0.15) is 56.0 Å². The monoisotopic (exact) mass is 535 g/mol.